The number of para-hydroxylation sites is 1. The molecule has 6 nitrogen and oxygen atoms in total. The minimum atomic E-state index is -0.853. The summed E-state index contributed by atoms with van der Waals surface area (Å²) in [6, 6.07) is 15.4. The molecule has 3 heterocycles. The van der Waals surface area contributed by atoms with Gasteiger partial charge in [-0.05, 0) is 82.5 Å². The second-order valence-electron chi connectivity index (χ2n) is 11.8. The second kappa shape index (κ2) is 11.7. The van der Waals surface area contributed by atoms with Crippen LogP contribution in [0.2, 0.25) is 0 Å². The Labute approximate surface area is 234 Å². The molecule has 1 N–H and O–H groups in total. The highest BCUT2D eigenvalue weighted by molar-refractivity contribution is 5.99. The van der Waals surface area contributed by atoms with Crippen LogP contribution in [0, 0.1) is 0 Å². The number of carboxylic acid groups (broad SMARTS) is 1. The maximum atomic E-state index is 11.9. The van der Waals surface area contributed by atoms with E-state index in [0.29, 0.717) is 17.5 Å². The fourth-order valence-electron chi connectivity index (χ4n) is 7.26. The van der Waals surface area contributed by atoms with E-state index in [2.05, 4.69) is 63.7 Å². The lowest BCUT2D eigenvalue weighted by molar-refractivity contribution is 0.0697. The molecule has 0 amide bonds. The molecule has 1 saturated carbocycles. The Bertz CT molecular complexity index is 1300. The predicted octanol–water partition coefficient (Wildman–Crippen LogP) is 6.54. The molecule has 1 aromatic heterocycles. The highest BCUT2D eigenvalue weighted by Crippen LogP contribution is 2.47. The van der Waals surface area contributed by atoms with Crippen molar-refractivity contribution < 1.29 is 9.90 Å². The lowest BCUT2D eigenvalue weighted by Gasteiger charge is -2.36. The molecule has 6 rings (SSSR count). The van der Waals surface area contributed by atoms with Crippen LogP contribution in [-0.2, 0) is 6.54 Å². The zero-order valence-electron chi connectivity index (χ0n) is 23.0. The van der Waals surface area contributed by atoms with Crippen molar-refractivity contribution in [3.8, 4) is 11.3 Å². The number of rotatable bonds is 6. The number of piperidine rings is 1. The Balaban J connectivity index is 0.00000308. The summed E-state index contributed by atoms with van der Waals surface area (Å²) in [5, 5.41) is 11.0. The number of carboxylic acids is 1. The van der Waals surface area contributed by atoms with E-state index in [4.69, 9.17) is 0 Å². The molecule has 0 radical (unpaired) electrons. The number of hydrogen-bond donors (Lipinski definition) is 1. The first-order chi connectivity index (χ1) is 18.5. The number of anilines is 1. The van der Waals surface area contributed by atoms with Crippen molar-refractivity contribution in [3.05, 3.63) is 53.6 Å². The molecule has 2 aromatic carbocycles. The van der Waals surface area contributed by atoms with Crippen molar-refractivity contribution >= 4 is 22.6 Å². The average molecular weight is 531 g/mol. The van der Waals surface area contributed by atoms with Crippen LogP contribution in [0.3, 0.4) is 0 Å². The Morgan fingerprint density at radius 3 is 2.46 bits per heavy atom. The summed E-state index contributed by atoms with van der Waals surface area (Å²) >= 11 is 0. The maximum absolute atomic E-state index is 11.9. The van der Waals surface area contributed by atoms with Gasteiger partial charge in [-0.15, -0.1) is 0 Å². The SMILES string of the molecule is C.CN1CCC(N(C)CCN2CCn3c(c(C4CCCCC4)c4ccc(C(=O)O)cc43)-c3ccccc32)CC1. The van der Waals surface area contributed by atoms with E-state index in [9.17, 15) is 9.90 Å². The molecule has 0 atom stereocenters. The summed E-state index contributed by atoms with van der Waals surface area (Å²) in [6.07, 6.45) is 8.82. The lowest BCUT2D eigenvalue weighted by Crippen LogP contribution is -2.44. The summed E-state index contributed by atoms with van der Waals surface area (Å²) in [6.45, 7) is 6.22. The summed E-state index contributed by atoms with van der Waals surface area (Å²) in [5.41, 5.74) is 6.87. The molecular formula is C33H46N4O2. The van der Waals surface area contributed by atoms with Gasteiger partial charge in [-0.3, -0.25) is 0 Å². The summed E-state index contributed by atoms with van der Waals surface area (Å²) in [5.74, 6) is -0.317. The van der Waals surface area contributed by atoms with E-state index in [1.54, 1.807) is 6.07 Å². The lowest BCUT2D eigenvalue weighted by atomic mass is 9.81. The van der Waals surface area contributed by atoms with Gasteiger partial charge in [-0.25, -0.2) is 4.79 Å². The topological polar surface area (TPSA) is 52.0 Å². The number of fused-ring (bicyclic) bond motifs is 5. The largest absolute Gasteiger partial charge is 0.478 e. The number of aromatic carboxylic acids is 1. The third kappa shape index (κ3) is 5.33. The van der Waals surface area contributed by atoms with Crippen LogP contribution < -0.4 is 4.90 Å². The van der Waals surface area contributed by atoms with Crippen molar-refractivity contribution in [2.24, 2.45) is 0 Å². The predicted molar refractivity (Wildman–Crippen MR) is 162 cm³/mol. The van der Waals surface area contributed by atoms with Crippen LogP contribution in [0.5, 0.6) is 0 Å². The molecule has 0 spiro atoms. The van der Waals surface area contributed by atoms with Crippen LogP contribution >= 0.6 is 0 Å². The zero-order valence-corrected chi connectivity index (χ0v) is 23.0. The van der Waals surface area contributed by atoms with Gasteiger partial charge in [0, 0.05) is 54.4 Å². The molecule has 210 valence electrons. The standard InChI is InChI=1S/C32H42N4O2.CH4/c1-33-16-14-25(15-17-33)34(2)18-19-35-20-21-36-29-22-24(32(37)38)12-13-26(29)30(23-8-4-3-5-9-23)31(36)27-10-6-7-11-28(27)35;/h6-7,10-13,22-23,25H,3-5,8-9,14-21H2,1-2H3,(H,37,38);1H4. The van der Waals surface area contributed by atoms with Gasteiger partial charge in [0.05, 0.1) is 11.3 Å². The summed E-state index contributed by atoms with van der Waals surface area (Å²) in [4.78, 5) is 19.5. The first-order valence-electron chi connectivity index (χ1n) is 14.6. The van der Waals surface area contributed by atoms with Gasteiger partial charge in [0.2, 0.25) is 0 Å². The molecule has 1 saturated heterocycles. The van der Waals surface area contributed by atoms with Crippen LogP contribution in [0.1, 0.15) is 74.2 Å². The number of likely N-dealkylation sites (N-methyl/N-ethyl adjacent to an activating group) is 1. The minimum absolute atomic E-state index is 0. The van der Waals surface area contributed by atoms with Gasteiger partial charge in [0.15, 0.2) is 0 Å². The number of hydrogen-bond acceptors (Lipinski definition) is 4. The highest BCUT2D eigenvalue weighted by atomic mass is 16.4. The monoisotopic (exact) mass is 530 g/mol. The van der Waals surface area contributed by atoms with Crippen molar-refractivity contribution in [1.82, 2.24) is 14.4 Å². The molecule has 6 heteroatoms. The number of likely N-dealkylation sites (tertiary alicyclic amines) is 1. The third-order valence-corrected chi connectivity index (χ3v) is 9.49. The van der Waals surface area contributed by atoms with E-state index >= 15 is 0 Å². The molecule has 0 unspecified atom stereocenters. The molecule has 2 fully saturated rings. The first-order valence-corrected chi connectivity index (χ1v) is 14.6. The molecule has 1 aliphatic carbocycles. The van der Waals surface area contributed by atoms with E-state index < -0.39 is 5.97 Å². The quantitative estimate of drug-likeness (QED) is 0.392. The van der Waals surface area contributed by atoms with Crippen molar-refractivity contribution in [3.63, 3.8) is 0 Å². The van der Waals surface area contributed by atoms with Crippen LogP contribution in [0.25, 0.3) is 22.2 Å². The fourth-order valence-corrected chi connectivity index (χ4v) is 7.26. The Morgan fingerprint density at radius 2 is 1.72 bits per heavy atom. The molecule has 0 bridgehead atoms. The Kier molecular flexibility index (Phi) is 8.34. The summed E-state index contributed by atoms with van der Waals surface area (Å²) < 4.78 is 2.45. The second-order valence-corrected chi connectivity index (χ2v) is 11.8. The minimum Gasteiger partial charge on any atom is -0.478 e. The van der Waals surface area contributed by atoms with Gasteiger partial charge < -0.3 is 24.4 Å². The average Bonchev–Trinajstić information content (AvgIpc) is 3.17. The van der Waals surface area contributed by atoms with Gasteiger partial charge in [0.25, 0.3) is 0 Å². The fraction of sp³-hybridized carbons (Fsp3) is 0.545. The van der Waals surface area contributed by atoms with E-state index in [1.807, 2.05) is 6.07 Å². The van der Waals surface area contributed by atoms with Gasteiger partial charge in [0.1, 0.15) is 0 Å². The normalized spacial score (nSPS) is 19.0. The third-order valence-electron chi connectivity index (χ3n) is 9.49. The smallest absolute Gasteiger partial charge is 0.335 e. The molecular weight excluding hydrogens is 484 g/mol. The first kappa shape index (κ1) is 27.7. The van der Waals surface area contributed by atoms with Crippen LogP contribution in [-0.4, -0.2) is 78.3 Å². The molecule has 3 aliphatic rings. The van der Waals surface area contributed by atoms with Crippen molar-refractivity contribution in [2.75, 3.05) is 51.7 Å². The van der Waals surface area contributed by atoms with Gasteiger partial charge >= 0.3 is 5.97 Å². The van der Waals surface area contributed by atoms with E-state index in [0.717, 1.165) is 31.7 Å². The van der Waals surface area contributed by atoms with Crippen molar-refractivity contribution in [2.45, 2.75) is 70.9 Å². The Hall–Kier alpha value is -2.83. The van der Waals surface area contributed by atoms with Crippen molar-refractivity contribution in [1.29, 1.82) is 0 Å². The maximum Gasteiger partial charge on any atom is 0.335 e. The Morgan fingerprint density at radius 1 is 0.974 bits per heavy atom. The van der Waals surface area contributed by atoms with E-state index in [1.165, 1.54) is 85.9 Å². The van der Waals surface area contributed by atoms with E-state index in [-0.39, 0.29) is 7.43 Å². The molecule has 39 heavy (non-hydrogen) atoms. The van der Waals surface area contributed by atoms with Crippen LogP contribution in [0.4, 0.5) is 5.69 Å². The van der Waals surface area contributed by atoms with Gasteiger partial charge in [-0.1, -0.05) is 51.0 Å². The van der Waals surface area contributed by atoms with Gasteiger partial charge in [-0.2, -0.15) is 0 Å². The number of carbonyl (C=O) groups is 1. The zero-order chi connectivity index (χ0) is 26.2. The van der Waals surface area contributed by atoms with Crippen LogP contribution in [0.15, 0.2) is 42.5 Å². The molecule has 2 aliphatic heterocycles. The highest BCUT2D eigenvalue weighted by Gasteiger charge is 2.31. The number of aromatic nitrogens is 1. The number of nitrogens with zero attached hydrogens (tertiary/aromatic N) is 4. The molecule has 3 aromatic rings. The summed E-state index contributed by atoms with van der Waals surface area (Å²) in [7, 11) is 4.52. The number of benzene rings is 2.